The lowest BCUT2D eigenvalue weighted by Gasteiger charge is -2.28. The first-order valence-electron chi connectivity index (χ1n) is 13.6. The first-order chi connectivity index (χ1) is 19.9. The van der Waals surface area contributed by atoms with Crippen molar-refractivity contribution >= 4 is 60.5 Å². The molecule has 0 N–H and O–H groups in total. The summed E-state index contributed by atoms with van der Waals surface area (Å²) in [6, 6.07) is 53.7. The van der Waals surface area contributed by atoms with Crippen LogP contribution in [0.3, 0.4) is 0 Å². The van der Waals surface area contributed by atoms with Gasteiger partial charge in [0, 0.05) is 22.0 Å². The van der Waals surface area contributed by atoms with E-state index in [4.69, 9.17) is 4.42 Å². The zero-order valence-corrected chi connectivity index (χ0v) is 21.8. The van der Waals surface area contributed by atoms with Gasteiger partial charge in [0.05, 0.1) is 16.8 Å². The van der Waals surface area contributed by atoms with Crippen LogP contribution >= 0.6 is 0 Å². The molecule has 0 bridgehead atoms. The summed E-state index contributed by atoms with van der Waals surface area (Å²) in [6.45, 7) is 0. The molecule has 0 aliphatic rings. The van der Waals surface area contributed by atoms with Crippen molar-refractivity contribution in [3.63, 3.8) is 0 Å². The molecule has 40 heavy (non-hydrogen) atoms. The summed E-state index contributed by atoms with van der Waals surface area (Å²) in [7, 11) is 0. The minimum absolute atomic E-state index is 0.888. The highest BCUT2D eigenvalue weighted by molar-refractivity contribution is 6.19. The van der Waals surface area contributed by atoms with E-state index in [1.807, 2.05) is 6.07 Å². The van der Waals surface area contributed by atoms with Crippen molar-refractivity contribution in [3.05, 3.63) is 152 Å². The molecule has 0 amide bonds. The lowest BCUT2D eigenvalue weighted by molar-refractivity contribution is 0.670. The summed E-state index contributed by atoms with van der Waals surface area (Å²) in [5.41, 5.74) is 7.34. The molecule has 7 aromatic carbocycles. The van der Waals surface area contributed by atoms with Crippen molar-refractivity contribution in [2.45, 2.75) is 0 Å². The topological polar surface area (TPSA) is 16.4 Å². The normalized spacial score (nSPS) is 11.5. The van der Waals surface area contributed by atoms with Gasteiger partial charge < -0.3 is 9.32 Å². The van der Waals surface area contributed by atoms with Gasteiger partial charge in [-0.15, -0.1) is 0 Å². The Balaban J connectivity index is 1.48. The van der Waals surface area contributed by atoms with Gasteiger partial charge in [0.15, 0.2) is 0 Å². The molecule has 0 unspecified atom stereocenters. The molecule has 0 aliphatic carbocycles. The van der Waals surface area contributed by atoms with E-state index in [0.717, 1.165) is 50.1 Å². The van der Waals surface area contributed by atoms with Crippen LogP contribution in [0.1, 0.15) is 0 Å². The van der Waals surface area contributed by atoms with Crippen molar-refractivity contribution in [2.24, 2.45) is 0 Å². The molecule has 2 nitrogen and oxygen atoms in total. The third-order valence-electron chi connectivity index (χ3n) is 7.85. The number of furan rings is 1. The SMILES string of the molecule is c1ccc(-c2ccc(N(c3ccccc3)c3cccc4c3ccc3ccccc34)c3c2oc2ccccc23)cc1. The highest BCUT2D eigenvalue weighted by atomic mass is 16.3. The van der Waals surface area contributed by atoms with E-state index in [2.05, 4.69) is 150 Å². The number of benzene rings is 7. The van der Waals surface area contributed by atoms with Crippen LogP contribution in [0.4, 0.5) is 17.1 Å². The van der Waals surface area contributed by atoms with Gasteiger partial charge >= 0.3 is 0 Å². The summed E-state index contributed by atoms with van der Waals surface area (Å²) in [4.78, 5) is 2.39. The predicted octanol–water partition coefficient (Wildman–Crippen LogP) is 11.0. The lowest BCUT2D eigenvalue weighted by Crippen LogP contribution is -2.11. The van der Waals surface area contributed by atoms with Crippen molar-refractivity contribution in [3.8, 4) is 11.1 Å². The molecule has 1 aromatic heterocycles. The lowest BCUT2D eigenvalue weighted by atomic mass is 9.98. The third-order valence-corrected chi connectivity index (χ3v) is 7.85. The Bertz CT molecular complexity index is 2160. The molecular weight excluding hydrogens is 486 g/mol. The number of fused-ring (bicyclic) bond motifs is 6. The molecule has 0 atom stereocenters. The molecule has 0 fully saturated rings. The number of nitrogens with zero attached hydrogens (tertiary/aromatic N) is 1. The molecule has 2 heteroatoms. The Morgan fingerprint density at radius 2 is 1.12 bits per heavy atom. The van der Waals surface area contributed by atoms with Crippen LogP contribution in [-0.4, -0.2) is 0 Å². The fraction of sp³-hybridized carbons (Fsp3) is 0. The Hall–Kier alpha value is -5.34. The maximum Gasteiger partial charge on any atom is 0.145 e. The summed E-state index contributed by atoms with van der Waals surface area (Å²) in [5.74, 6) is 0. The summed E-state index contributed by atoms with van der Waals surface area (Å²) in [5, 5.41) is 7.17. The fourth-order valence-electron chi connectivity index (χ4n) is 6.05. The Labute approximate surface area is 232 Å². The molecule has 188 valence electrons. The van der Waals surface area contributed by atoms with E-state index in [9.17, 15) is 0 Å². The first-order valence-corrected chi connectivity index (χ1v) is 13.6. The van der Waals surface area contributed by atoms with Crippen molar-refractivity contribution in [2.75, 3.05) is 4.90 Å². The molecule has 0 spiro atoms. The molecule has 0 aliphatic heterocycles. The fourth-order valence-corrected chi connectivity index (χ4v) is 6.05. The standard InChI is InChI=1S/C38H25NO/c1-3-12-26(13-4-1)30-24-25-35(37-33-18-9-10-21-36(33)40-38(30)37)39(28-15-5-2-6-16-28)34-20-11-19-31-29-17-8-7-14-27(29)22-23-32(31)34/h1-25H. The van der Waals surface area contributed by atoms with E-state index in [1.54, 1.807) is 0 Å². The Kier molecular flexibility index (Phi) is 5.17. The minimum atomic E-state index is 0.888. The average Bonchev–Trinajstić information content (AvgIpc) is 3.42. The number of rotatable bonds is 4. The van der Waals surface area contributed by atoms with Crippen LogP contribution in [0.25, 0.3) is 54.6 Å². The van der Waals surface area contributed by atoms with Crippen molar-refractivity contribution < 1.29 is 4.42 Å². The van der Waals surface area contributed by atoms with E-state index < -0.39 is 0 Å². The minimum Gasteiger partial charge on any atom is -0.455 e. The Morgan fingerprint density at radius 1 is 0.425 bits per heavy atom. The van der Waals surface area contributed by atoms with Crippen LogP contribution in [-0.2, 0) is 0 Å². The van der Waals surface area contributed by atoms with Crippen LogP contribution in [0.5, 0.6) is 0 Å². The molecule has 8 rings (SSSR count). The van der Waals surface area contributed by atoms with Gasteiger partial charge in [-0.3, -0.25) is 0 Å². The molecule has 0 saturated heterocycles. The second kappa shape index (κ2) is 9.14. The maximum absolute atomic E-state index is 6.62. The van der Waals surface area contributed by atoms with Crippen molar-refractivity contribution in [1.82, 2.24) is 0 Å². The van der Waals surface area contributed by atoms with Gasteiger partial charge in [-0.05, 0) is 58.1 Å². The second-order valence-electron chi connectivity index (χ2n) is 10.1. The zero-order valence-electron chi connectivity index (χ0n) is 21.8. The van der Waals surface area contributed by atoms with Crippen LogP contribution in [0.15, 0.2) is 156 Å². The number of para-hydroxylation sites is 2. The summed E-state index contributed by atoms with van der Waals surface area (Å²) < 4.78 is 6.62. The number of hydrogen-bond acceptors (Lipinski definition) is 2. The van der Waals surface area contributed by atoms with Gasteiger partial charge in [-0.2, -0.15) is 0 Å². The molecule has 1 heterocycles. The molecular formula is C38H25NO. The number of anilines is 3. The summed E-state index contributed by atoms with van der Waals surface area (Å²) in [6.07, 6.45) is 0. The van der Waals surface area contributed by atoms with Gasteiger partial charge in [0.2, 0.25) is 0 Å². The van der Waals surface area contributed by atoms with E-state index >= 15 is 0 Å². The van der Waals surface area contributed by atoms with Crippen molar-refractivity contribution in [1.29, 1.82) is 0 Å². The van der Waals surface area contributed by atoms with Gasteiger partial charge in [-0.25, -0.2) is 0 Å². The third kappa shape index (κ3) is 3.50. The predicted molar refractivity (Wildman–Crippen MR) is 169 cm³/mol. The highest BCUT2D eigenvalue weighted by Gasteiger charge is 2.23. The maximum atomic E-state index is 6.62. The molecule has 0 radical (unpaired) electrons. The first kappa shape index (κ1) is 22.6. The van der Waals surface area contributed by atoms with Crippen LogP contribution < -0.4 is 4.90 Å². The van der Waals surface area contributed by atoms with E-state index in [-0.39, 0.29) is 0 Å². The largest absolute Gasteiger partial charge is 0.455 e. The zero-order chi connectivity index (χ0) is 26.5. The average molecular weight is 512 g/mol. The van der Waals surface area contributed by atoms with Crippen LogP contribution in [0, 0.1) is 0 Å². The van der Waals surface area contributed by atoms with E-state index in [0.29, 0.717) is 0 Å². The smallest absolute Gasteiger partial charge is 0.145 e. The Morgan fingerprint density at radius 3 is 1.98 bits per heavy atom. The van der Waals surface area contributed by atoms with Gasteiger partial charge in [-0.1, -0.05) is 115 Å². The molecule has 0 saturated carbocycles. The van der Waals surface area contributed by atoms with Gasteiger partial charge in [0.25, 0.3) is 0 Å². The highest BCUT2D eigenvalue weighted by Crippen LogP contribution is 2.47. The number of hydrogen-bond donors (Lipinski definition) is 0. The van der Waals surface area contributed by atoms with Gasteiger partial charge in [0.1, 0.15) is 11.2 Å². The monoisotopic (exact) mass is 511 g/mol. The van der Waals surface area contributed by atoms with E-state index in [1.165, 1.54) is 21.5 Å². The summed E-state index contributed by atoms with van der Waals surface area (Å²) >= 11 is 0. The molecule has 8 aromatic rings. The quantitative estimate of drug-likeness (QED) is 0.218. The van der Waals surface area contributed by atoms with Crippen LogP contribution in [0.2, 0.25) is 0 Å². The second-order valence-corrected chi connectivity index (χ2v) is 10.1.